The molecule has 0 aromatic heterocycles. The second kappa shape index (κ2) is 6.04. The number of rotatable bonds is 5. The second-order valence-electron chi connectivity index (χ2n) is 5.32. The van der Waals surface area contributed by atoms with Crippen molar-refractivity contribution in [3.8, 4) is 0 Å². The Hall–Kier alpha value is -0.580. The van der Waals surface area contributed by atoms with Crippen molar-refractivity contribution in [2.45, 2.75) is 38.8 Å². The van der Waals surface area contributed by atoms with Gasteiger partial charge >= 0.3 is 0 Å². The molecule has 0 aromatic carbocycles. The summed E-state index contributed by atoms with van der Waals surface area (Å²) >= 11 is 0. The topological polar surface area (TPSA) is 55.6 Å². The van der Waals surface area contributed by atoms with Crippen LogP contribution in [-0.4, -0.2) is 42.6 Å². The third kappa shape index (κ3) is 2.56. The van der Waals surface area contributed by atoms with Crippen LogP contribution in [0, 0.1) is 5.41 Å². The van der Waals surface area contributed by atoms with E-state index in [1.165, 1.54) is 0 Å². The maximum atomic E-state index is 12.3. The van der Waals surface area contributed by atoms with E-state index in [0.717, 1.165) is 0 Å². The van der Waals surface area contributed by atoms with Gasteiger partial charge in [0.1, 0.15) is 5.54 Å². The van der Waals surface area contributed by atoms with E-state index >= 15 is 0 Å². The van der Waals surface area contributed by atoms with E-state index in [4.69, 9.17) is 10.5 Å². The van der Waals surface area contributed by atoms with Crippen molar-refractivity contribution in [3.63, 3.8) is 0 Å². The van der Waals surface area contributed by atoms with Crippen molar-refractivity contribution in [3.05, 3.63) is 12.7 Å². The molecule has 2 N–H and O–H groups in total. The molecule has 0 bridgehead atoms. The summed E-state index contributed by atoms with van der Waals surface area (Å²) in [6.45, 7) is 10.8. The summed E-state index contributed by atoms with van der Waals surface area (Å²) in [5.41, 5.74) is 5.13. The molecule has 1 rings (SSSR count). The number of amides is 1. The SMILES string of the molecule is C=CCN(C)C(=O)C1(N)CC(OCC)C1(C)C.Cl. The van der Waals surface area contributed by atoms with Crippen LogP contribution < -0.4 is 5.73 Å². The molecule has 0 radical (unpaired) electrons. The Kier molecular flexibility index (Phi) is 5.85. The Morgan fingerprint density at radius 3 is 2.56 bits per heavy atom. The first-order valence-electron chi connectivity index (χ1n) is 6.08. The number of carbonyl (C=O) groups excluding carboxylic acids is 1. The van der Waals surface area contributed by atoms with Crippen LogP contribution >= 0.6 is 12.4 Å². The van der Waals surface area contributed by atoms with Gasteiger partial charge in [-0.1, -0.05) is 19.9 Å². The number of likely N-dealkylation sites (N-methyl/N-ethyl adjacent to an activating group) is 1. The highest BCUT2D eigenvalue weighted by Crippen LogP contribution is 2.50. The highest BCUT2D eigenvalue weighted by atomic mass is 35.5. The monoisotopic (exact) mass is 276 g/mol. The van der Waals surface area contributed by atoms with Gasteiger partial charge < -0.3 is 15.4 Å². The Morgan fingerprint density at radius 2 is 2.17 bits per heavy atom. The van der Waals surface area contributed by atoms with Crippen LogP contribution in [0.1, 0.15) is 27.2 Å². The average molecular weight is 277 g/mol. The number of carbonyl (C=O) groups is 1. The minimum Gasteiger partial charge on any atom is -0.378 e. The third-order valence-corrected chi connectivity index (χ3v) is 3.96. The lowest BCUT2D eigenvalue weighted by molar-refractivity contribution is -0.177. The molecule has 0 aromatic rings. The van der Waals surface area contributed by atoms with E-state index < -0.39 is 5.54 Å². The number of hydrogen-bond acceptors (Lipinski definition) is 3. The van der Waals surface area contributed by atoms with E-state index in [1.54, 1.807) is 18.0 Å². The molecular formula is C13H25ClN2O2. The highest BCUT2D eigenvalue weighted by molar-refractivity contribution is 5.88. The second-order valence-corrected chi connectivity index (χ2v) is 5.32. The normalized spacial score (nSPS) is 28.8. The summed E-state index contributed by atoms with van der Waals surface area (Å²) in [6.07, 6.45) is 2.36. The Morgan fingerprint density at radius 1 is 1.61 bits per heavy atom. The molecule has 0 heterocycles. The maximum absolute atomic E-state index is 12.3. The minimum absolute atomic E-state index is 0. The molecule has 2 atom stereocenters. The van der Waals surface area contributed by atoms with E-state index in [1.807, 2.05) is 20.8 Å². The predicted molar refractivity (Wildman–Crippen MR) is 75.8 cm³/mol. The van der Waals surface area contributed by atoms with Crippen molar-refractivity contribution >= 4 is 18.3 Å². The number of hydrogen-bond donors (Lipinski definition) is 1. The molecule has 2 unspecified atom stereocenters. The summed E-state index contributed by atoms with van der Waals surface area (Å²) < 4.78 is 5.61. The summed E-state index contributed by atoms with van der Waals surface area (Å²) in [5.74, 6) is -0.0293. The largest absolute Gasteiger partial charge is 0.378 e. The fourth-order valence-electron chi connectivity index (χ4n) is 2.42. The van der Waals surface area contributed by atoms with Gasteiger partial charge in [0.05, 0.1) is 6.10 Å². The first kappa shape index (κ1) is 17.4. The average Bonchev–Trinajstić information content (AvgIpc) is 2.27. The van der Waals surface area contributed by atoms with Gasteiger partial charge in [-0.15, -0.1) is 19.0 Å². The van der Waals surface area contributed by atoms with Gasteiger partial charge in [0.25, 0.3) is 0 Å². The molecule has 1 fully saturated rings. The standard InChI is InChI=1S/C13H24N2O2.ClH/c1-6-8-15(5)11(16)13(14)9-10(17-7-2)12(13,3)4;/h6,10H,1,7-9,14H2,2-5H3;1H. The molecule has 4 nitrogen and oxygen atoms in total. The Balaban J connectivity index is 0.00000289. The van der Waals surface area contributed by atoms with E-state index in [-0.39, 0.29) is 29.8 Å². The quantitative estimate of drug-likeness (QED) is 0.776. The van der Waals surface area contributed by atoms with Crippen LogP contribution in [0.2, 0.25) is 0 Å². The molecule has 5 heteroatoms. The summed E-state index contributed by atoms with van der Waals surface area (Å²) in [4.78, 5) is 13.9. The molecule has 18 heavy (non-hydrogen) atoms. The predicted octanol–water partition coefficient (Wildman–Crippen LogP) is 1.59. The molecule has 0 spiro atoms. The van der Waals surface area contributed by atoms with Crippen LogP contribution in [0.25, 0.3) is 0 Å². The lowest BCUT2D eigenvalue weighted by Gasteiger charge is -2.58. The van der Waals surface area contributed by atoms with Gasteiger partial charge in [0, 0.05) is 32.0 Å². The first-order chi connectivity index (χ1) is 7.81. The number of ether oxygens (including phenoxy) is 1. The van der Waals surface area contributed by atoms with E-state index in [2.05, 4.69) is 6.58 Å². The zero-order valence-corrected chi connectivity index (χ0v) is 12.5. The number of halogens is 1. The number of nitrogens with zero attached hydrogens (tertiary/aromatic N) is 1. The molecular weight excluding hydrogens is 252 g/mol. The van der Waals surface area contributed by atoms with Crippen LogP contribution in [-0.2, 0) is 9.53 Å². The van der Waals surface area contributed by atoms with Crippen LogP contribution in [0.4, 0.5) is 0 Å². The van der Waals surface area contributed by atoms with Gasteiger partial charge in [0.2, 0.25) is 5.91 Å². The fraction of sp³-hybridized carbons (Fsp3) is 0.769. The lowest BCUT2D eigenvalue weighted by atomic mass is 9.54. The Labute approximate surface area is 116 Å². The van der Waals surface area contributed by atoms with Crippen molar-refractivity contribution < 1.29 is 9.53 Å². The number of nitrogens with two attached hydrogens (primary N) is 1. The maximum Gasteiger partial charge on any atom is 0.243 e. The van der Waals surface area contributed by atoms with Gasteiger partial charge in [0.15, 0.2) is 0 Å². The smallest absolute Gasteiger partial charge is 0.243 e. The van der Waals surface area contributed by atoms with Crippen molar-refractivity contribution in [2.24, 2.45) is 11.1 Å². The summed E-state index contributed by atoms with van der Waals surface area (Å²) in [6, 6.07) is 0. The fourth-order valence-corrected chi connectivity index (χ4v) is 2.42. The van der Waals surface area contributed by atoms with Crippen LogP contribution in [0.15, 0.2) is 12.7 Å². The van der Waals surface area contributed by atoms with Crippen molar-refractivity contribution in [1.82, 2.24) is 4.90 Å². The highest BCUT2D eigenvalue weighted by Gasteiger charge is 2.63. The van der Waals surface area contributed by atoms with Gasteiger partial charge in [-0.2, -0.15) is 0 Å². The van der Waals surface area contributed by atoms with Crippen molar-refractivity contribution in [2.75, 3.05) is 20.2 Å². The summed E-state index contributed by atoms with van der Waals surface area (Å²) in [5, 5.41) is 0. The first-order valence-corrected chi connectivity index (χ1v) is 6.08. The summed E-state index contributed by atoms with van der Waals surface area (Å²) in [7, 11) is 1.75. The zero-order chi connectivity index (χ0) is 13.3. The Bertz CT molecular complexity index is 320. The van der Waals surface area contributed by atoms with Crippen molar-refractivity contribution in [1.29, 1.82) is 0 Å². The minimum atomic E-state index is -0.815. The molecule has 1 saturated carbocycles. The van der Waals surface area contributed by atoms with Gasteiger partial charge in [-0.05, 0) is 6.92 Å². The molecule has 0 aliphatic heterocycles. The van der Waals surface area contributed by atoms with Gasteiger partial charge in [-0.25, -0.2) is 0 Å². The van der Waals surface area contributed by atoms with E-state index in [9.17, 15) is 4.79 Å². The molecule has 1 amide bonds. The van der Waals surface area contributed by atoms with E-state index in [0.29, 0.717) is 19.6 Å². The lowest BCUT2D eigenvalue weighted by Crippen LogP contribution is -2.75. The van der Waals surface area contributed by atoms with Crippen LogP contribution in [0.5, 0.6) is 0 Å². The zero-order valence-electron chi connectivity index (χ0n) is 11.7. The van der Waals surface area contributed by atoms with Gasteiger partial charge in [-0.3, -0.25) is 4.79 Å². The molecule has 1 aliphatic rings. The molecule has 106 valence electrons. The molecule has 1 aliphatic carbocycles. The third-order valence-electron chi connectivity index (χ3n) is 3.96. The van der Waals surface area contributed by atoms with Crippen LogP contribution in [0.3, 0.4) is 0 Å². The molecule has 0 saturated heterocycles.